The van der Waals surface area contributed by atoms with Crippen molar-refractivity contribution in [1.82, 2.24) is 0 Å². The molecule has 0 spiro atoms. The molecule has 0 heterocycles. The van der Waals surface area contributed by atoms with Crippen LogP contribution in [0, 0.1) is 0 Å². The molecule has 0 aliphatic rings. The van der Waals surface area contributed by atoms with Gasteiger partial charge in [-0.3, -0.25) is 0 Å². The first-order chi connectivity index (χ1) is 5.92. The van der Waals surface area contributed by atoms with Crippen LogP contribution >= 0.6 is 0 Å². The zero-order valence-corrected chi connectivity index (χ0v) is 8.04. The van der Waals surface area contributed by atoms with E-state index in [1.165, 1.54) is 0 Å². The largest absolute Gasteiger partial charge is 0.317 e. The quantitative estimate of drug-likeness (QED) is 0.456. The summed E-state index contributed by atoms with van der Waals surface area (Å²) in [6.45, 7) is 0. The van der Waals surface area contributed by atoms with Crippen LogP contribution in [0.15, 0.2) is 42.5 Å². The van der Waals surface area contributed by atoms with Crippen molar-refractivity contribution in [2.45, 2.75) is 0 Å². The van der Waals surface area contributed by atoms with Gasteiger partial charge in [-0.05, 0) is 16.0 Å². The zero-order chi connectivity index (χ0) is 8.39. The Morgan fingerprint density at radius 3 is 2.50 bits per heavy atom. The van der Waals surface area contributed by atoms with E-state index in [-0.39, 0.29) is 0 Å². The Labute approximate surface area is 73.0 Å². The first-order valence-electron chi connectivity index (χ1n) is 3.94. The van der Waals surface area contributed by atoms with E-state index in [9.17, 15) is 4.11 Å². The predicted molar refractivity (Wildman–Crippen MR) is 53.2 cm³/mol. The average molecular weight is 176 g/mol. The van der Waals surface area contributed by atoms with Gasteiger partial charge in [0, 0.05) is 0 Å². The molecule has 0 saturated carbocycles. The third-order valence-corrected chi connectivity index (χ3v) is 2.93. The fourth-order valence-corrected chi connectivity index (χ4v) is 2.10. The molecule has 2 aromatic rings. The third-order valence-electron chi connectivity index (χ3n) is 2.02. The molecule has 0 unspecified atom stereocenters. The van der Waals surface area contributed by atoms with Gasteiger partial charge in [0.05, 0.1) is 0 Å². The number of hydrogen-bond acceptors (Lipinski definition) is 0. The van der Waals surface area contributed by atoms with Gasteiger partial charge in [-0.15, -0.1) is 0 Å². The summed E-state index contributed by atoms with van der Waals surface area (Å²) in [6, 6.07) is 13.8. The van der Waals surface area contributed by atoms with Crippen molar-refractivity contribution in [1.29, 1.82) is 0 Å². The van der Waals surface area contributed by atoms with Crippen LogP contribution < -0.4 is 5.19 Å². The van der Waals surface area contributed by atoms with Gasteiger partial charge in [0.25, 0.3) is 0 Å². The minimum absolute atomic E-state index is 0.910. The molecule has 0 N–H and O–H groups in total. The van der Waals surface area contributed by atoms with E-state index in [1.807, 2.05) is 42.5 Å². The van der Waals surface area contributed by atoms with Crippen molar-refractivity contribution < 1.29 is 4.11 Å². The second-order valence-corrected chi connectivity index (χ2v) is 3.80. The maximum Gasteiger partial charge on any atom is 0.248 e. The molecule has 0 atom stereocenters. The third kappa shape index (κ3) is 1.14. The SMILES string of the molecule is F[SiH2]c1cccc2ccccc12. The summed E-state index contributed by atoms with van der Waals surface area (Å²) in [5.74, 6) is 0. The summed E-state index contributed by atoms with van der Waals surface area (Å²) >= 11 is 0. The van der Waals surface area contributed by atoms with Crippen LogP contribution in [0.2, 0.25) is 0 Å². The Kier molecular flexibility index (Phi) is 1.92. The predicted octanol–water partition coefficient (Wildman–Crippen LogP) is 1.52. The Morgan fingerprint density at radius 1 is 0.917 bits per heavy atom. The number of hydrogen-bond donors (Lipinski definition) is 0. The molecule has 0 radical (unpaired) electrons. The lowest BCUT2D eigenvalue weighted by molar-refractivity contribution is 0.885. The topological polar surface area (TPSA) is 0 Å². The van der Waals surface area contributed by atoms with Gasteiger partial charge in [0.2, 0.25) is 9.85 Å². The molecular weight excluding hydrogens is 167 g/mol. The maximum atomic E-state index is 12.6. The summed E-state index contributed by atoms with van der Waals surface area (Å²) in [5, 5.41) is 3.13. The highest BCUT2D eigenvalue weighted by molar-refractivity contribution is 6.50. The summed E-state index contributed by atoms with van der Waals surface area (Å²) in [4.78, 5) is 0. The van der Waals surface area contributed by atoms with Gasteiger partial charge in [0.1, 0.15) is 0 Å². The summed E-state index contributed by atoms with van der Waals surface area (Å²) in [7, 11) is -1.53. The molecule has 0 saturated heterocycles. The molecule has 2 rings (SSSR count). The molecule has 2 aromatic carbocycles. The summed E-state index contributed by atoms with van der Waals surface area (Å²) < 4.78 is 12.6. The van der Waals surface area contributed by atoms with Crippen LogP contribution in [0.5, 0.6) is 0 Å². The molecule has 2 heteroatoms. The number of benzene rings is 2. The molecule has 0 fully saturated rings. The number of fused-ring (bicyclic) bond motifs is 1. The van der Waals surface area contributed by atoms with Crippen molar-refractivity contribution in [2.24, 2.45) is 0 Å². The van der Waals surface area contributed by atoms with Crippen LogP contribution in [-0.4, -0.2) is 9.85 Å². The van der Waals surface area contributed by atoms with Gasteiger partial charge < -0.3 is 4.11 Å². The minimum Gasteiger partial charge on any atom is -0.317 e. The Balaban J connectivity index is 2.79. The zero-order valence-electron chi connectivity index (χ0n) is 6.63. The van der Waals surface area contributed by atoms with Gasteiger partial charge in [-0.1, -0.05) is 42.5 Å². The Bertz CT molecular complexity index is 392. The summed E-state index contributed by atoms with van der Waals surface area (Å²) in [6.07, 6.45) is 0. The fraction of sp³-hybridized carbons (Fsp3) is 0. The highest BCUT2D eigenvalue weighted by Gasteiger charge is 1.98. The number of halogens is 1. The van der Waals surface area contributed by atoms with Gasteiger partial charge in [-0.2, -0.15) is 0 Å². The van der Waals surface area contributed by atoms with E-state index in [0.717, 1.165) is 16.0 Å². The van der Waals surface area contributed by atoms with Gasteiger partial charge >= 0.3 is 0 Å². The molecule has 0 nitrogen and oxygen atoms in total. The van der Waals surface area contributed by atoms with Crippen molar-refractivity contribution >= 4 is 25.8 Å². The first kappa shape index (κ1) is 7.49. The normalized spacial score (nSPS) is 11.4. The maximum absolute atomic E-state index is 12.6. The lowest BCUT2D eigenvalue weighted by Gasteiger charge is -2.00. The molecule has 0 bridgehead atoms. The molecule has 0 aliphatic carbocycles. The highest BCUT2D eigenvalue weighted by atomic mass is 28.3. The molecule has 12 heavy (non-hydrogen) atoms. The molecule has 0 aliphatic heterocycles. The van der Waals surface area contributed by atoms with Crippen LogP contribution in [0.1, 0.15) is 0 Å². The smallest absolute Gasteiger partial charge is 0.248 e. The van der Waals surface area contributed by atoms with Crippen LogP contribution in [-0.2, 0) is 0 Å². The Morgan fingerprint density at radius 2 is 1.67 bits per heavy atom. The van der Waals surface area contributed by atoms with Crippen molar-refractivity contribution in [3.63, 3.8) is 0 Å². The molecular formula is C10H9FSi. The molecule has 0 aromatic heterocycles. The van der Waals surface area contributed by atoms with Crippen LogP contribution in [0.3, 0.4) is 0 Å². The average Bonchev–Trinajstić information content (AvgIpc) is 2.17. The second-order valence-electron chi connectivity index (χ2n) is 2.77. The molecule has 60 valence electrons. The van der Waals surface area contributed by atoms with Crippen LogP contribution in [0.4, 0.5) is 4.11 Å². The van der Waals surface area contributed by atoms with Crippen molar-refractivity contribution in [3.05, 3.63) is 42.5 Å². The number of rotatable bonds is 1. The van der Waals surface area contributed by atoms with E-state index in [0.29, 0.717) is 0 Å². The van der Waals surface area contributed by atoms with Crippen molar-refractivity contribution in [3.8, 4) is 0 Å². The lowest BCUT2D eigenvalue weighted by Crippen LogP contribution is -2.09. The van der Waals surface area contributed by atoms with Gasteiger partial charge in [0.15, 0.2) is 0 Å². The van der Waals surface area contributed by atoms with Crippen LogP contribution in [0.25, 0.3) is 10.8 Å². The standard InChI is InChI=1S/C10H9FSi/c11-12-10-7-3-5-8-4-1-2-6-9(8)10/h1-7H,12H2. The monoisotopic (exact) mass is 176 g/mol. The Hall–Kier alpha value is -1.15. The molecule has 0 amide bonds. The highest BCUT2D eigenvalue weighted by Crippen LogP contribution is 2.09. The summed E-state index contributed by atoms with van der Waals surface area (Å²) in [5.41, 5.74) is 0. The van der Waals surface area contributed by atoms with E-state index >= 15 is 0 Å². The first-order valence-corrected chi connectivity index (χ1v) is 5.18. The van der Waals surface area contributed by atoms with Gasteiger partial charge in [-0.25, -0.2) is 0 Å². The van der Waals surface area contributed by atoms with E-state index in [2.05, 4.69) is 0 Å². The van der Waals surface area contributed by atoms with Crippen molar-refractivity contribution in [2.75, 3.05) is 0 Å². The second kappa shape index (κ2) is 3.07. The lowest BCUT2D eigenvalue weighted by atomic mass is 10.1. The fourth-order valence-electron chi connectivity index (χ4n) is 1.41. The van der Waals surface area contributed by atoms with E-state index < -0.39 is 9.85 Å². The van der Waals surface area contributed by atoms with E-state index in [4.69, 9.17) is 0 Å². The van der Waals surface area contributed by atoms with E-state index in [1.54, 1.807) is 0 Å². The minimum atomic E-state index is -1.53.